The molecule has 0 aliphatic carbocycles. The van der Waals surface area contributed by atoms with E-state index in [9.17, 15) is 13.9 Å². The van der Waals surface area contributed by atoms with E-state index in [-0.39, 0.29) is 30.2 Å². The molecule has 0 aliphatic rings. The van der Waals surface area contributed by atoms with Crippen molar-refractivity contribution in [2.75, 3.05) is 17.2 Å². The van der Waals surface area contributed by atoms with Crippen LogP contribution in [-0.4, -0.2) is 32.7 Å². The Bertz CT molecular complexity index is 937. The summed E-state index contributed by atoms with van der Waals surface area (Å²) in [4.78, 5) is 12.9. The molecule has 8 heteroatoms. The summed E-state index contributed by atoms with van der Waals surface area (Å²) >= 11 is 0. The second-order valence-electron chi connectivity index (χ2n) is 6.63. The van der Waals surface area contributed by atoms with Crippen LogP contribution in [0.25, 0.3) is 11.3 Å². The third-order valence-electron chi connectivity index (χ3n) is 4.19. The average Bonchev–Trinajstić information content (AvgIpc) is 2.68. The fourth-order valence-electron chi connectivity index (χ4n) is 2.56. The number of aromatic nitrogens is 3. The van der Waals surface area contributed by atoms with E-state index in [4.69, 9.17) is 0 Å². The molecule has 1 aromatic carbocycles. The molecule has 0 saturated carbocycles. The Labute approximate surface area is 161 Å². The highest BCUT2D eigenvalue weighted by Gasteiger charge is 2.15. The Balaban J connectivity index is 1.99. The summed E-state index contributed by atoms with van der Waals surface area (Å²) in [5.74, 6) is -0.652. The van der Waals surface area contributed by atoms with Crippen LogP contribution in [0.15, 0.2) is 48.8 Å². The third kappa shape index (κ3) is 4.77. The number of anilines is 3. The Morgan fingerprint density at radius 3 is 2.57 bits per heavy atom. The normalized spacial score (nSPS) is 12.1. The molecule has 2 heterocycles. The van der Waals surface area contributed by atoms with Gasteiger partial charge in [0.1, 0.15) is 17.5 Å². The van der Waals surface area contributed by atoms with Gasteiger partial charge in [-0.1, -0.05) is 13.8 Å². The van der Waals surface area contributed by atoms with Crippen molar-refractivity contribution in [3.8, 4) is 11.3 Å². The number of hydrogen-bond acceptors (Lipinski definition) is 6. The number of nitrogens with zero attached hydrogens (tertiary/aromatic N) is 3. The van der Waals surface area contributed by atoms with Crippen molar-refractivity contribution in [3.63, 3.8) is 0 Å². The minimum atomic E-state index is -0.730. The van der Waals surface area contributed by atoms with E-state index < -0.39 is 11.6 Å². The lowest BCUT2D eigenvalue weighted by molar-refractivity contribution is 0.248. The van der Waals surface area contributed by atoms with Crippen molar-refractivity contribution in [2.24, 2.45) is 5.92 Å². The molecular formula is C20H21F2N5O. The Morgan fingerprint density at radius 1 is 1.11 bits per heavy atom. The second-order valence-corrected chi connectivity index (χ2v) is 6.63. The fourth-order valence-corrected chi connectivity index (χ4v) is 2.56. The van der Waals surface area contributed by atoms with Gasteiger partial charge in [-0.2, -0.15) is 4.98 Å². The van der Waals surface area contributed by atoms with E-state index in [1.165, 1.54) is 6.07 Å². The van der Waals surface area contributed by atoms with E-state index in [1.54, 1.807) is 24.5 Å². The SMILES string of the molecule is CC(C)[C@H](CO)Nc1nc(Nc2ccc(F)cc2F)cc(-c2cccnc2)n1. The molecule has 0 bridgehead atoms. The average molecular weight is 385 g/mol. The first-order valence-electron chi connectivity index (χ1n) is 8.85. The topological polar surface area (TPSA) is 83.0 Å². The smallest absolute Gasteiger partial charge is 0.225 e. The van der Waals surface area contributed by atoms with Gasteiger partial charge in [-0.15, -0.1) is 0 Å². The first-order valence-corrected chi connectivity index (χ1v) is 8.85. The van der Waals surface area contributed by atoms with Crippen LogP contribution in [0.2, 0.25) is 0 Å². The van der Waals surface area contributed by atoms with Crippen molar-refractivity contribution in [3.05, 3.63) is 60.4 Å². The summed E-state index contributed by atoms with van der Waals surface area (Å²) in [5.41, 5.74) is 1.41. The van der Waals surface area contributed by atoms with Gasteiger partial charge in [0.2, 0.25) is 5.95 Å². The Kier molecular flexibility index (Phi) is 6.10. The van der Waals surface area contributed by atoms with Gasteiger partial charge in [-0.05, 0) is 30.2 Å². The van der Waals surface area contributed by atoms with Gasteiger partial charge in [0.25, 0.3) is 0 Å². The number of hydrogen-bond donors (Lipinski definition) is 3. The first kappa shape index (κ1) is 19.6. The van der Waals surface area contributed by atoms with E-state index in [1.807, 2.05) is 19.9 Å². The van der Waals surface area contributed by atoms with Crippen LogP contribution in [0, 0.1) is 17.6 Å². The molecule has 0 fully saturated rings. The minimum absolute atomic E-state index is 0.0887. The standard InChI is InChI=1S/C20H21F2N5O/c1-12(2)18(11-28)26-20-25-17(13-4-3-7-23-10-13)9-19(27-20)24-16-6-5-14(21)8-15(16)22/h3-10,12,18,28H,11H2,1-2H3,(H2,24,25,26,27)/t18-/m0/s1. The summed E-state index contributed by atoms with van der Waals surface area (Å²) < 4.78 is 27.2. The maximum atomic E-state index is 14.0. The fraction of sp³-hybridized carbons (Fsp3) is 0.250. The van der Waals surface area contributed by atoms with Crippen molar-refractivity contribution in [2.45, 2.75) is 19.9 Å². The molecule has 0 amide bonds. The molecule has 2 aromatic heterocycles. The number of rotatable bonds is 7. The Hall–Kier alpha value is -3.13. The predicted octanol–water partition coefficient (Wildman–Crippen LogP) is 3.99. The minimum Gasteiger partial charge on any atom is -0.394 e. The monoisotopic (exact) mass is 385 g/mol. The van der Waals surface area contributed by atoms with E-state index >= 15 is 0 Å². The second kappa shape index (κ2) is 8.71. The number of halogens is 2. The van der Waals surface area contributed by atoms with E-state index in [2.05, 4.69) is 25.6 Å². The maximum absolute atomic E-state index is 14.0. The molecule has 3 rings (SSSR count). The molecule has 3 N–H and O–H groups in total. The molecule has 0 spiro atoms. The van der Waals surface area contributed by atoms with Gasteiger partial charge in [0.05, 0.1) is 24.0 Å². The van der Waals surface area contributed by atoms with E-state index in [0.29, 0.717) is 11.5 Å². The molecular weight excluding hydrogens is 364 g/mol. The molecule has 3 aromatic rings. The Morgan fingerprint density at radius 2 is 1.93 bits per heavy atom. The van der Waals surface area contributed by atoms with Crippen molar-refractivity contribution in [1.82, 2.24) is 15.0 Å². The number of pyridine rings is 1. The molecule has 0 aliphatic heterocycles. The lowest BCUT2D eigenvalue weighted by Gasteiger charge is -2.20. The molecule has 1 atom stereocenters. The number of aliphatic hydroxyl groups is 1. The molecule has 0 unspecified atom stereocenters. The number of aliphatic hydroxyl groups excluding tert-OH is 1. The number of benzene rings is 1. The van der Waals surface area contributed by atoms with Gasteiger partial charge < -0.3 is 15.7 Å². The van der Waals surface area contributed by atoms with Crippen LogP contribution < -0.4 is 10.6 Å². The molecule has 0 radical (unpaired) electrons. The number of nitrogens with one attached hydrogen (secondary N) is 2. The molecule has 6 nitrogen and oxygen atoms in total. The van der Waals surface area contributed by atoms with Crippen LogP contribution in [0.5, 0.6) is 0 Å². The van der Waals surface area contributed by atoms with Crippen molar-refractivity contribution in [1.29, 1.82) is 0 Å². The maximum Gasteiger partial charge on any atom is 0.225 e. The van der Waals surface area contributed by atoms with Crippen LogP contribution in [0.3, 0.4) is 0 Å². The van der Waals surface area contributed by atoms with Crippen molar-refractivity contribution >= 4 is 17.5 Å². The van der Waals surface area contributed by atoms with Crippen LogP contribution in [0.4, 0.5) is 26.2 Å². The molecule has 28 heavy (non-hydrogen) atoms. The summed E-state index contributed by atoms with van der Waals surface area (Å²) in [7, 11) is 0. The highest BCUT2D eigenvalue weighted by molar-refractivity contribution is 5.67. The summed E-state index contributed by atoms with van der Waals surface area (Å²) in [6.45, 7) is 3.84. The van der Waals surface area contributed by atoms with Crippen LogP contribution in [0.1, 0.15) is 13.8 Å². The summed E-state index contributed by atoms with van der Waals surface area (Å²) in [5, 5.41) is 15.5. The van der Waals surface area contributed by atoms with E-state index in [0.717, 1.165) is 17.7 Å². The lowest BCUT2D eigenvalue weighted by atomic mass is 10.1. The van der Waals surface area contributed by atoms with Gasteiger partial charge in [0.15, 0.2) is 0 Å². The van der Waals surface area contributed by atoms with Crippen LogP contribution >= 0.6 is 0 Å². The molecule has 0 saturated heterocycles. The van der Waals surface area contributed by atoms with Gasteiger partial charge in [-0.25, -0.2) is 13.8 Å². The lowest BCUT2D eigenvalue weighted by Crippen LogP contribution is -2.30. The quantitative estimate of drug-likeness (QED) is 0.570. The first-order chi connectivity index (χ1) is 13.5. The zero-order chi connectivity index (χ0) is 20.1. The van der Waals surface area contributed by atoms with Crippen LogP contribution in [-0.2, 0) is 0 Å². The van der Waals surface area contributed by atoms with Gasteiger partial charge in [-0.3, -0.25) is 4.98 Å². The third-order valence-corrected chi connectivity index (χ3v) is 4.19. The molecule has 146 valence electrons. The zero-order valence-electron chi connectivity index (χ0n) is 15.5. The highest BCUT2D eigenvalue weighted by Crippen LogP contribution is 2.25. The summed E-state index contributed by atoms with van der Waals surface area (Å²) in [6, 6.07) is 8.27. The largest absolute Gasteiger partial charge is 0.394 e. The summed E-state index contributed by atoms with van der Waals surface area (Å²) in [6.07, 6.45) is 3.30. The van der Waals surface area contributed by atoms with Gasteiger partial charge >= 0.3 is 0 Å². The van der Waals surface area contributed by atoms with Crippen molar-refractivity contribution < 1.29 is 13.9 Å². The predicted molar refractivity (Wildman–Crippen MR) is 104 cm³/mol. The highest BCUT2D eigenvalue weighted by atomic mass is 19.1. The van der Waals surface area contributed by atoms with Gasteiger partial charge in [0, 0.05) is 30.1 Å². The zero-order valence-corrected chi connectivity index (χ0v) is 15.5.